The van der Waals surface area contributed by atoms with E-state index < -0.39 is 0 Å². The van der Waals surface area contributed by atoms with Crippen LogP contribution in [0.2, 0.25) is 5.02 Å². The average molecular weight is 250 g/mol. The van der Waals surface area contributed by atoms with Crippen molar-refractivity contribution in [1.82, 2.24) is 15.2 Å². The van der Waals surface area contributed by atoms with Crippen LogP contribution in [0.5, 0.6) is 0 Å². The van der Waals surface area contributed by atoms with E-state index >= 15 is 0 Å². The Bertz CT molecular complexity index is 514. The highest BCUT2D eigenvalue weighted by Crippen LogP contribution is 2.23. The third kappa shape index (κ3) is 2.32. The number of hydrogen-bond acceptors (Lipinski definition) is 2. The van der Waals surface area contributed by atoms with Crippen LogP contribution >= 0.6 is 11.6 Å². The third-order valence-electron chi connectivity index (χ3n) is 3.33. The van der Waals surface area contributed by atoms with Gasteiger partial charge in [0.1, 0.15) is 0 Å². The molecule has 1 saturated heterocycles. The van der Waals surface area contributed by atoms with E-state index in [1.807, 2.05) is 12.1 Å². The SMILES string of the molecule is Clc1ccc2c(CN3CCNCC3)c[nH]c2c1. The number of fused-ring (bicyclic) bond motifs is 1. The van der Waals surface area contributed by atoms with E-state index in [0.29, 0.717) is 0 Å². The van der Waals surface area contributed by atoms with Crippen LogP contribution < -0.4 is 5.32 Å². The summed E-state index contributed by atoms with van der Waals surface area (Å²) in [5.74, 6) is 0. The van der Waals surface area contributed by atoms with Crippen molar-refractivity contribution in [3.63, 3.8) is 0 Å². The highest BCUT2D eigenvalue weighted by molar-refractivity contribution is 6.31. The van der Waals surface area contributed by atoms with E-state index in [-0.39, 0.29) is 0 Å². The number of aromatic nitrogens is 1. The number of rotatable bonds is 2. The molecule has 0 radical (unpaired) electrons. The molecule has 2 aromatic rings. The highest BCUT2D eigenvalue weighted by atomic mass is 35.5. The maximum absolute atomic E-state index is 5.98. The highest BCUT2D eigenvalue weighted by Gasteiger charge is 2.12. The molecule has 0 atom stereocenters. The fourth-order valence-corrected chi connectivity index (χ4v) is 2.57. The molecule has 0 saturated carbocycles. The van der Waals surface area contributed by atoms with Crippen LogP contribution in [0, 0.1) is 0 Å². The summed E-state index contributed by atoms with van der Waals surface area (Å²) in [5.41, 5.74) is 2.49. The summed E-state index contributed by atoms with van der Waals surface area (Å²) >= 11 is 5.98. The molecule has 1 aliphatic rings. The zero-order valence-electron chi connectivity index (χ0n) is 9.67. The van der Waals surface area contributed by atoms with Crippen LogP contribution in [0.3, 0.4) is 0 Å². The molecular formula is C13H16ClN3. The second kappa shape index (κ2) is 4.69. The first kappa shape index (κ1) is 11.1. The number of nitrogens with zero attached hydrogens (tertiary/aromatic N) is 1. The van der Waals surface area contributed by atoms with Gasteiger partial charge in [0.05, 0.1) is 0 Å². The van der Waals surface area contributed by atoms with Crippen molar-refractivity contribution in [2.24, 2.45) is 0 Å². The van der Waals surface area contributed by atoms with Crippen molar-refractivity contribution in [3.05, 3.63) is 35.0 Å². The van der Waals surface area contributed by atoms with Gasteiger partial charge in [-0.25, -0.2) is 0 Å². The van der Waals surface area contributed by atoms with E-state index in [0.717, 1.165) is 43.3 Å². The summed E-state index contributed by atoms with van der Waals surface area (Å²) in [6.07, 6.45) is 2.10. The Balaban J connectivity index is 1.84. The molecule has 0 amide bonds. The molecule has 0 unspecified atom stereocenters. The maximum Gasteiger partial charge on any atom is 0.0472 e. The Morgan fingerprint density at radius 1 is 1.24 bits per heavy atom. The molecule has 2 heterocycles. The molecule has 90 valence electrons. The van der Waals surface area contributed by atoms with Gasteiger partial charge in [0, 0.05) is 54.8 Å². The number of benzene rings is 1. The number of H-pyrrole nitrogens is 1. The molecular weight excluding hydrogens is 234 g/mol. The Kier molecular flexibility index (Phi) is 3.05. The van der Waals surface area contributed by atoms with E-state index in [1.54, 1.807) is 0 Å². The minimum absolute atomic E-state index is 0.785. The minimum atomic E-state index is 0.785. The standard InChI is InChI=1S/C13H16ClN3/c14-11-1-2-12-10(8-16-13(12)7-11)9-17-5-3-15-4-6-17/h1-2,7-8,15-16H,3-6,9H2. The molecule has 3 rings (SSSR count). The van der Waals surface area contributed by atoms with Gasteiger partial charge in [0.25, 0.3) is 0 Å². The second-order valence-electron chi connectivity index (χ2n) is 4.53. The van der Waals surface area contributed by atoms with Crippen LogP contribution in [-0.2, 0) is 6.54 Å². The van der Waals surface area contributed by atoms with Crippen molar-refractivity contribution < 1.29 is 0 Å². The molecule has 0 bridgehead atoms. The molecule has 1 aromatic heterocycles. The van der Waals surface area contributed by atoms with Gasteiger partial charge in [-0.2, -0.15) is 0 Å². The summed E-state index contributed by atoms with van der Waals surface area (Å²) < 4.78 is 0. The summed E-state index contributed by atoms with van der Waals surface area (Å²) in [7, 11) is 0. The molecule has 0 spiro atoms. The third-order valence-corrected chi connectivity index (χ3v) is 3.57. The molecule has 0 aliphatic carbocycles. The molecule has 4 heteroatoms. The molecule has 2 N–H and O–H groups in total. The largest absolute Gasteiger partial charge is 0.361 e. The van der Waals surface area contributed by atoms with Crippen molar-refractivity contribution in [1.29, 1.82) is 0 Å². The topological polar surface area (TPSA) is 31.1 Å². The fraction of sp³-hybridized carbons (Fsp3) is 0.385. The molecule has 1 aliphatic heterocycles. The lowest BCUT2D eigenvalue weighted by atomic mass is 10.1. The van der Waals surface area contributed by atoms with Gasteiger partial charge in [-0.05, 0) is 17.7 Å². The predicted molar refractivity (Wildman–Crippen MR) is 71.5 cm³/mol. The van der Waals surface area contributed by atoms with Gasteiger partial charge in [-0.1, -0.05) is 17.7 Å². The van der Waals surface area contributed by atoms with Crippen LogP contribution in [0.25, 0.3) is 10.9 Å². The summed E-state index contributed by atoms with van der Waals surface area (Å²) in [4.78, 5) is 5.77. The van der Waals surface area contributed by atoms with Gasteiger partial charge in [-0.15, -0.1) is 0 Å². The number of hydrogen-bond donors (Lipinski definition) is 2. The van der Waals surface area contributed by atoms with E-state index in [9.17, 15) is 0 Å². The monoisotopic (exact) mass is 249 g/mol. The summed E-state index contributed by atoms with van der Waals surface area (Å²) in [6.45, 7) is 5.45. The smallest absolute Gasteiger partial charge is 0.0472 e. The Morgan fingerprint density at radius 3 is 2.88 bits per heavy atom. The van der Waals surface area contributed by atoms with Crippen LogP contribution in [-0.4, -0.2) is 36.1 Å². The predicted octanol–water partition coefficient (Wildman–Crippen LogP) is 2.23. The lowest BCUT2D eigenvalue weighted by molar-refractivity contribution is 0.234. The summed E-state index contributed by atoms with van der Waals surface area (Å²) in [5, 5.41) is 5.44. The van der Waals surface area contributed by atoms with Crippen molar-refractivity contribution in [3.8, 4) is 0 Å². The molecule has 1 aromatic carbocycles. The first-order valence-corrected chi connectivity index (χ1v) is 6.39. The second-order valence-corrected chi connectivity index (χ2v) is 4.97. The molecule has 3 nitrogen and oxygen atoms in total. The Labute approximate surface area is 106 Å². The van der Waals surface area contributed by atoms with E-state index in [2.05, 4.69) is 27.5 Å². The van der Waals surface area contributed by atoms with Gasteiger partial charge in [-0.3, -0.25) is 4.90 Å². The molecule has 1 fully saturated rings. The Morgan fingerprint density at radius 2 is 2.06 bits per heavy atom. The van der Waals surface area contributed by atoms with Crippen LogP contribution in [0.15, 0.2) is 24.4 Å². The van der Waals surface area contributed by atoms with Crippen LogP contribution in [0.1, 0.15) is 5.56 Å². The van der Waals surface area contributed by atoms with Gasteiger partial charge in [0.2, 0.25) is 0 Å². The lowest BCUT2D eigenvalue weighted by Gasteiger charge is -2.26. The summed E-state index contributed by atoms with van der Waals surface area (Å²) in [6, 6.07) is 6.04. The van der Waals surface area contributed by atoms with Gasteiger partial charge in [0.15, 0.2) is 0 Å². The zero-order valence-corrected chi connectivity index (χ0v) is 10.4. The van der Waals surface area contributed by atoms with E-state index in [1.165, 1.54) is 10.9 Å². The Hall–Kier alpha value is -1.03. The lowest BCUT2D eigenvalue weighted by Crippen LogP contribution is -2.42. The molecule has 17 heavy (non-hydrogen) atoms. The van der Waals surface area contributed by atoms with Crippen LogP contribution in [0.4, 0.5) is 0 Å². The quantitative estimate of drug-likeness (QED) is 0.855. The van der Waals surface area contributed by atoms with Crippen molar-refractivity contribution in [2.45, 2.75) is 6.54 Å². The zero-order chi connectivity index (χ0) is 11.7. The number of nitrogens with one attached hydrogen (secondary N) is 2. The fourth-order valence-electron chi connectivity index (χ4n) is 2.40. The number of aromatic amines is 1. The first-order chi connectivity index (χ1) is 8.33. The van der Waals surface area contributed by atoms with Gasteiger partial charge < -0.3 is 10.3 Å². The minimum Gasteiger partial charge on any atom is -0.361 e. The van der Waals surface area contributed by atoms with Gasteiger partial charge >= 0.3 is 0 Å². The van der Waals surface area contributed by atoms with Crippen molar-refractivity contribution >= 4 is 22.5 Å². The van der Waals surface area contributed by atoms with E-state index in [4.69, 9.17) is 11.6 Å². The number of halogens is 1. The first-order valence-electron chi connectivity index (χ1n) is 6.01. The van der Waals surface area contributed by atoms with Crippen molar-refractivity contribution in [2.75, 3.05) is 26.2 Å². The normalized spacial score (nSPS) is 17.7. The maximum atomic E-state index is 5.98. The average Bonchev–Trinajstić information content (AvgIpc) is 2.73. The number of piperazine rings is 1.